The number of halogens is 1. The summed E-state index contributed by atoms with van der Waals surface area (Å²) in [6.07, 6.45) is 6.85. The molecule has 3 aromatic carbocycles. The maximum absolute atomic E-state index is 14.1. The quantitative estimate of drug-likeness (QED) is 0.0193. The molecule has 1 aliphatic rings. The molecule has 440 valence electrons. The van der Waals surface area contributed by atoms with Crippen LogP contribution in [-0.4, -0.2) is 137 Å². The van der Waals surface area contributed by atoms with E-state index in [9.17, 15) is 33.2 Å². The number of nitrogens with one attached hydrogen (secondary N) is 3. The summed E-state index contributed by atoms with van der Waals surface area (Å²) in [5, 5.41) is 10.2. The molecule has 2 atom stereocenters. The number of nitrogens with zero attached hydrogens (tertiary/aromatic N) is 6. The molecule has 0 bridgehead atoms. The van der Waals surface area contributed by atoms with Crippen molar-refractivity contribution in [1.82, 2.24) is 39.5 Å². The molecule has 3 aromatic heterocycles. The number of ketones is 1. The van der Waals surface area contributed by atoms with Crippen LogP contribution in [0.5, 0.6) is 11.5 Å². The lowest BCUT2D eigenvalue weighted by Crippen LogP contribution is -2.53. The van der Waals surface area contributed by atoms with Crippen LogP contribution in [-0.2, 0) is 62.4 Å². The summed E-state index contributed by atoms with van der Waals surface area (Å²) in [4.78, 5) is 92.0. The number of likely N-dealkylation sites (tertiary alicyclic amines) is 1. The van der Waals surface area contributed by atoms with Gasteiger partial charge in [-0.3, -0.25) is 33.6 Å². The average Bonchev–Trinajstić information content (AvgIpc) is 4.25. The van der Waals surface area contributed by atoms with Gasteiger partial charge in [-0.2, -0.15) is 10.1 Å². The number of piperidine rings is 1. The lowest BCUT2D eigenvalue weighted by molar-refractivity contribution is -0.164. The van der Waals surface area contributed by atoms with Gasteiger partial charge in [0.25, 0.3) is 11.5 Å². The van der Waals surface area contributed by atoms with Crippen LogP contribution in [0.1, 0.15) is 101 Å². The van der Waals surface area contributed by atoms with Crippen LogP contribution >= 0.6 is 0 Å². The van der Waals surface area contributed by atoms with Crippen molar-refractivity contribution < 1.29 is 56.8 Å². The number of rotatable bonds is 32. The normalized spacial score (nSPS) is 13.9. The molecule has 1 fully saturated rings. The number of amides is 3. The first-order chi connectivity index (χ1) is 39.6. The van der Waals surface area contributed by atoms with Crippen LogP contribution in [0.2, 0.25) is 0 Å². The largest absolute Gasteiger partial charge is 0.493 e. The number of carbonyl (C=O) groups excluding carboxylic acids is 5. The number of nitrogen functional groups attached to an aromatic ring is 1. The van der Waals surface area contributed by atoms with Crippen molar-refractivity contribution in [2.75, 3.05) is 78.0 Å². The number of anilines is 2. The standard InChI is InChI=1S/C59H75FN10O12/c1-6-59(2,3)52(73)56(75)69-27-8-7-14-45(69)57(76)82-46(21-17-39-18-22-47(77-4)48(34-39)78-5)41-12-9-13-44(35-41)64-50(72)24-23-49(71)62-25-10-28-79-30-32-81-33-31-80-29-11-26-68-38-42(36-63-68)53-65-51-54(66-58(61)67-55(51)74)70(53)37-40-15-19-43(60)20-16-40/h9,12-13,15-16,18-20,22,34-36,38,45-46H,6-8,10-11,14,17,21,23-33,37H2,1-5H3,(H,62,71)(H,64,72)(H3,61,66,67,74). The van der Waals surface area contributed by atoms with E-state index in [1.807, 2.05) is 25.3 Å². The van der Waals surface area contributed by atoms with Gasteiger partial charge in [0.2, 0.25) is 23.5 Å². The Morgan fingerprint density at radius 1 is 0.854 bits per heavy atom. The van der Waals surface area contributed by atoms with E-state index >= 15 is 0 Å². The Kier molecular flexibility index (Phi) is 22.7. The van der Waals surface area contributed by atoms with Gasteiger partial charge in [0.1, 0.15) is 23.8 Å². The molecule has 2 unspecified atom stereocenters. The molecular weight excluding hydrogens is 1060 g/mol. The molecule has 0 radical (unpaired) electrons. The van der Waals surface area contributed by atoms with Gasteiger partial charge in [-0.05, 0) is 104 Å². The van der Waals surface area contributed by atoms with Crippen molar-refractivity contribution in [2.24, 2.45) is 5.41 Å². The molecule has 3 amide bonds. The molecule has 0 saturated carbocycles. The molecule has 0 aliphatic carbocycles. The van der Waals surface area contributed by atoms with E-state index in [-0.39, 0.29) is 55.0 Å². The van der Waals surface area contributed by atoms with Crippen molar-refractivity contribution in [3.05, 3.63) is 112 Å². The Bertz CT molecular complexity index is 3180. The van der Waals surface area contributed by atoms with Crippen LogP contribution in [0.25, 0.3) is 22.6 Å². The number of benzene rings is 3. The number of nitrogens with two attached hydrogens (primary N) is 1. The average molecular weight is 1140 g/mol. The molecule has 82 heavy (non-hydrogen) atoms. The minimum Gasteiger partial charge on any atom is -0.493 e. The van der Waals surface area contributed by atoms with Gasteiger partial charge in [0.05, 0.1) is 59.0 Å². The summed E-state index contributed by atoms with van der Waals surface area (Å²) in [7, 11) is 3.11. The van der Waals surface area contributed by atoms with Crippen LogP contribution in [0, 0.1) is 11.2 Å². The van der Waals surface area contributed by atoms with Crippen molar-refractivity contribution >= 4 is 52.3 Å². The lowest BCUT2D eigenvalue weighted by atomic mass is 9.84. The Labute approximate surface area is 475 Å². The molecular formula is C59H75FN10O12. The predicted molar refractivity (Wildman–Crippen MR) is 303 cm³/mol. The van der Waals surface area contributed by atoms with E-state index < -0.39 is 40.8 Å². The highest BCUT2D eigenvalue weighted by Crippen LogP contribution is 2.33. The van der Waals surface area contributed by atoms with Crippen LogP contribution in [0.3, 0.4) is 0 Å². The van der Waals surface area contributed by atoms with Gasteiger partial charge in [-0.25, -0.2) is 14.2 Å². The number of esters is 1. The summed E-state index contributed by atoms with van der Waals surface area (Å²) in [6, 6.07) is 17.7. The second-order valence-electron chi connectivity index (χ2n) is 20.6. The van der Waals surface area contributed by atoms with E-state index in [4.69, 9.17) is 34.2 Å². The Morgan fingerprint density at radius 3 is 2.29 bits per heavy atom. The molecule has 7 rings (SSSR count). The molecule has 5 N–H and O–H groups in total. The fourth-order valence-corrected chi connectivity index (χ4v) is 9.25. The molecule has 1 saturated heterocycles. The number of imidazole rings is 1. The number of fused-ring (bicyclic) bond motifs is 1. The third kappa shape index (κ3) is 17.3. The zero-order valence-corrected chi connectivity index (χ0v) is 47.3. The number of carbonyl (C=O) groups is 5. The van der Waals surface area contributed by atoms with Crippen molar-refractivity contribution in [3.63, 3.8) is 0 Å². The van der Waals surface area contributed by atoms with E-state index in [1.165, 1.54) is 17.0 Å². The molecule has 1 aliphatic heterocycles. The summed E-state index contributed by atoms with van der Waals surface area (Å²) in [5.41, 5.74) is 8.37. The minimum absolute atomic E-state index is 0.0307. The number of hydrogen-bond acceptors (Lipinski definition) is 16. The third-order valence-electron chi connectivity index (χ3n) is 14.2. The smallest absolute Gasteiger partial charge is 0.329 e. The number of aromatic amines is 1. The van der Waals surface area contributed by atoms with Crippen molar-refractivity contribution in [2.45, 2.75) is 110 Å². The Morgan fingerprint density at radius 2 is 1.56 bits per heavy atom. The highest BCUT2D eigenvalue weighted by Gasteiger charge is 2.41. The highest BCUT2D eigenvalue weighted by atomic mass is 19.1. The summed E-state index contributed by atoms with van der Waals surface area (Å²) in [5.74, 6) is -1.28. The molecule has 4 heterocycles. The summed E-state index contributed by atoms with van der Waals surface area (Å²) in [6.45, 7) is 9.19. The number of hydrogen-bond donors (Lipinski definition) is 4. The van der Waals surface area contributed by atoms with E-state index in [1.54, 1.807) is 86.0 Å². The third-order valence-corrected chi connectivity index (χ3v) is 14.2. The summed E-state index contributed by atoms with van der Waals surface area (Å²) >= 11 is 0. The fourth-order valence-electron chi connectivity index (χ4n) is 9.25. The van der Waals surface area contributed by atoms with Crippen LogP contribution in [0.4, 0.5) is 16.0 Å². The topological polar surface area (TPSA) is 275 Å². The van der Waals surface area contributed by atoms with Gasteiger partial charge in [-0.1, -0.05) is 51.1 Å². The van der Waals surface area contributed by atoms with Gasteiger partial charge < -0.3 is 54.3 Å². The second kappa shape index (κ2) is 30.2. The monoisotopic (exact) mass is 1130 g/mol. The molecule has 6 aromatic rings. The highest BCUT2D eigenvalue weighted by molar-refractivity contribution is 6.38. The first-order valence-corrected chi connectivity index (χ1v) is 27.8. The minimum atomic E-state index is -0.925. The number of H-pyrrole nitrogens is 1. The first-order valence-electron chi connectivity index (χ1n) is 27.8. The Hall–Kier alpha value is -8.02. The molecule has 0 spiro atoms. The lowest BCUT2D eigenvalue weighted by Gasteiger charge is -2.36. The SMILES string of the molecule is CCC(C)(C)C(=O)C(=O)N1CCCCC1C(=O)OC(CCc1ccc(OC)c(OC)c1)c1cccc(NC(=O)CCC(=O)NCCCOCCOCCOCCCn2cc(-c3nc4c(=O)[nH]c(N)nc4n3Cc3ccc(F)cc3)cn2)c1. The summed E-state index contributed by atoms with van der Waals surface area (Å²) < 4.78 is 51.3. The van der Waals surface area contributed by atoms with Gasteiger partial charge in [0.15, 0.2) is 22.7 Å². The Balaban J connectivity index is 0.776. The van der Waals surface area contributed by atoms with E-state index in [2.05, 4.69) is 30.7 Å². The maximum Gasteiger partial charge on any atom is 0.329 e. The zero-order valence-electron chi connectivity index (χ0n) is 47.3. The number of Topliss-reactive ketones (excluding diaryl/α,β-unsaturated/α-hetero) is 1. The van der Waals surface area contributed by atoms with Crippen molar-refractivity contribution in [3.8, 4) is 22.9 Å². The van der Waals surface area contributed by atoms with Crippen molar-refractivity contribution in [1.29, 1.82) is 0 Å². The number of aromatic nitrogens is 6. The van der Waals surface area contributed by atoms with Gasteiger partial charge in [-0.15, -0.1) is 0 Å². The van der Waals surface area contributed by atoms with E-state index in [0.717, 1.165) is 11.1 Å². The van der Waals surface area contributed by atoms with Crippen LogP contribution < -0.4 is 31.4 Å². The number of methoxy groups -OCH3 is 2. The maximum atomic E-state index is 14.1. The van der Waals surface area contributed by atoms with Crippen LogP contribution in [0.15, 0.2) is 83.9 Å². The zero-order chi connectivity index (χ0) is 58.6. The predicted octanol–water partition coefficient (Wildman–Crippen LogP) is 6.74. The first kappa shape index (κ1) is 61.6. The molecule has 22 nitrogen and oxygen atoms in total. The van der Waals surface area contributed by atoms with Gasteiger partial charge >= 0.3 is 5.97 Å². The second-order valence-corrected chi connectivity index (χ2v) is 20.6. The fraction of sp³-hybridized carbons (Fsp3) is 0.475. The number of ether oxygens (including phenoxy) is 6. The number of aryl methyl sites for hydroxylation is 2. The van der Waals surface area contributed by atoms with E-state index in [0.29, 0.717) is 144 Å². The molecule has 23 heteroatoms. The van der Waals surface area contributed by atoms with Gasteiger partial charge in [0, 0.05) is 63.0 Å².